The van der Waals surface area contributed by atoms with Crippen LogP contribution in [-0.2, 0) is 11.4 Å². The van der Waals surface area contributed by atoms with Gasteiger partial charge in [-0.15, -0.1) is 0 Å². The second kappa shape index (κ2) is 10.2. The van der Waals surface area contributed by atoms with Crippen LogP contribution in [0, 0.1) is 25.2 Å². The van der Waals surface area contributed by atoms with Crippen LogP contribution in [0.2, 0.25) is 0 Å². The number of imide groups is 1. The van der Waals surface area contributed by atoms with Crippen molar-refractivity contribution in [2.75, 3.05) is 4.90 Å². The summed E-state index contributed by atoms with van der Waals surface area (Å²) in [5, 5.41) is 8.96. The van der Waals surface area contributed by atoms with Crippen LogP contribution >= 0.6 is 11.8 Å². The van der Waals surface area contributed by atoms with Gasteiger partial charge in [-0.2, -0.15) is 5.26 Å². The van der Waals surface area contributed by atoms with Gasteiger partial charge < -0.3 is 9.30 Å². The summed E-state index contributed by atoms with van der Waals surface area (Å²) in [6, 6.07) is 28.3. The van der Waals surface area contributed by atoms with Crippen molar-refractivity contribution in [3.63, 3.8) is 0 Å². The smallest absolute Gasteiger partial charge is 0.298 e. The number of para-hydroxylation sites is 1. The molecule has 4 aromatic rings. The van der Waals surface area contributed by atoms with Gasteiger partial charge in [0, 0.05) is 22.6 Å². The average Bonchev–Trinajstić information content (AvgIpc) is 3.36. The molecule has 182 valence electrons. The van der Waals surface area contributed by atoms with Crippen LogP contribution in [0.4, 0.5) is 10.5 Å². The molecule has 1 aromatic heterocycles. The van der Waals surface area contributed by atoms with Crippen LogP contribution < -0.4 is 9.64 Å². The lowest BCUT2D eigenvalue weighted by Gasteiger charge is -2.12. The Morgan fingerprint density at radius 2 is 1.62 bits per heavy atom. The van der Waals surface area contributed by atoms with Gasteiger partial charge in [0.25, 0.3) is 11.1 Å². The predicted octanol–water partition coefficient (Wildman–Crippen LogP) is 6.79. The van der Waals surface area contributed by atoms with E-state index in [9.17, 15) is 14.9 Å². The van der Waals surface area contributed by atoms with Crippen molar-refractivity contribution in [3.05, 3.63) is 118 Å². The van der Waals surface area contributed by atoms with Crippen LogP contribution in [0.25, 0.3) is 11.8 Å². The van der Waals surface area contributed by atoms with Gasteiger partial charge in [-0.05, 0) is 85.8 Å². The van der Waals surface area contributed by atoms with Crippen LogP contribution in [0.15, 0.2) is 89.8 Å². The third-order valence-corrected chi connectivity index (χ3v) is 7.06. The number of ether oxygens (including phenoxy) is 1. The maximum atomic E-state index is 13.0. The Bertz CT molecular complexity index is 1560. The summed E-state index contributed by atoms with van der Waals surface area (Å²) >= 11 is 0.952. The predicted molar refractivity (Wildman–Crippen MR) is 146 cm³/mol. The van der Waals surface area contributed by atoms with Crippen LogP contribution in [0.3, 0.4) is 0 Å². The fourth-order valence-corrected chi connectivity index (χ4v) is 5.18. The zero-order chi connectivity index (χ0) is 25.9. The summed E-state index contributed by atoms with van der Waals surface area (Å²) in [6.07, 6.45) is 1.79. The molecule has 7 heteroatoms. The maximum absolute atomic E-state index is 13.0. The first-order valence-electron chi connectivity index (χ1n) is 11.7. The van der Waals surface area contributed by atoms with Crippen molar-refractivity contribution < 1.29 is 14.3 Å². The fourth-order valence-electron chi connectivity index (χ4n) is 4.35. The number of hydrogen-bond acceptors (Lipinski definition) is 5. The monoisotopic (exact) mass is 505 g/mol. The highest BCUT2D eigenvalue weighted by Crippen LogP contribution is 2.36. The third-order valence-electron chi connectivity index (χ3n) is 6.19. The number of benzene rings is 3. The van der Waals surface area contributed by atoms with E-state index in [0.29, 0.717) is 28.5 Å². The molecule has 1 aliphatic heterocycles. The molecule has 0 unspecified atom stereocenters. The fraction of sp³-hybridized carbons (Fsp3) is 0.100. The van der Waals surface area contributed by atoms with E-state index in [1.165, 1.54) is 4.90 Å². The molecule has 1 saturated heterocycles. The molecule has 2 amide bonds. The first-order valence-corrected chi connectivity index (χ1v) is 12.5. The summed E-state index contributed by atoms with van der Waals surface area (Å²) in [5.74, 6) is 0.388. The van der Waals surface area contributed by atoms with Crippen molar-refractivity contribution >= 4 is 34.7 Å². The van der Waals surface area contributed by atoms with Gasteiger partial charge in [0.15, 0.2) is 0 Å². The number of aromatic nitrogens is 1. The summed E-state index contributed by atoms with van der Waals surface area (Å²) < 4.78 is 8.00. The van der Waals surface area contributed by atoms with Crippen molar-refractivity contribution in [1.82, 2.24) is 4.57 Å². The maximum Gasteiger partial charge on any atom is 0.298 e. The molecule has 5 rings (SSSR count). The largest absolute Gasteiger partial charge is 0.489 e. The number of nitriles is 1. The van der Waals surface area contributed by atoms with Gasteiger partial charge in [-0.25, -0.2) is 4.90 Å². The van der Waals surface area contributed by atoms with Gasteiger partial charge >= 0.3 is 0 Å². The minimum absolute atomic E-state index is 0.302. The summed E-state index contributed by atoms with van der Waals surface area (Å²) in [5.41, 5.74) is 5.81. The molecule has 37 heavy (non-hydrogen) atoms. The first-order chi connectivity index (χ1) is 18.0. The number of nitrogens with zero attached hydrogens (tertiary/aromatic N) is 3. The van der Waals surface area contributed by atoms with Gasteiger partial charge in [0.1, 0.15) is 12.4 Å². The van der Waals surface area contributed by atoms with Gasteiger partial charge in [-0.1, -0.05) is 36.4 Å². The van der Waals surface area contributed by atoms with Crippen LogP contribution in [-0.4, -0.2) is 15.7 Å². The number of thioether (sulfide) groups is 1. The van der Waals surface area contributed by atoms with Crippen LogP contribution in [0.1, 0.15) is 28.1 Å². The Labute approximate surface area is 219 Å². The molecule has 0 radical (unpaired) electrons. The van der Waals surface area contributed by atoms with Crippen molar-refractivity contribution in [1.29, 1.82) is 5.26 Å². The number of hydrogen-bond donors (Lipinski definition) is 0. The zero-order valence-electron chi connectivity index (χ0n) is 20.3. The molecule has 0 aliphatic carbocycles. The summed E-state index contributed by atoms with van der Waals surface area (Å²) in [6.45, 7) is 4.31. The lowest BCUT2D eigenvalue weighted by Crippen LogP contribution is -2.27. The molecule has 3 aromatic carbocycles. The number of rotatable bonds is 6. The van der Waals surface area contributed by atoms with Crippen LogP contribution in [0.5, 0.6) is 5.75 Å². The number of aryl methyl sites for hydroxylation is 1. The van der Waals surface area contributed by atoms with E-state index in [-0.39, 0.29) is 11.1 Å². The number of amides is 2. The second-order valence-corrected chi connectivity index (χ2v) is 9.56. The van der Waals surface area contributed by atoms with Gasteiger partial charge in [0.05, 0.1) is 22.2 Å². The third kappa shape index (κ3) is 4.80. The summed E-state index contributed by atoms with van der Waals surface area (Å²) in [4.78, 5) is 27.2. The van der Waals surface area contributed by atoms with E-state index in [1.807, 2.05) is 68.4 Å². The van der Waals surface area contributed by atoms with E-state index in [1.54, 1.807) is 36.4 Å². The lowest BCUT2D eigenvalue weighted by atomic mass is 10.1. The number of carbonyl (C=O) groups is 2. The Morgan fingerprint density at radius 1 is 0.919 bits per heavy atom. The highest BCUT2D eigenvalue weighted by atomic mass is 32.2. The topological polar surface area (TPSA) is 75.3 Å². The van der Waals surface area contributed by atoms with Crippen molar-refractivity contribution in [2.24, 2.45) is 0 Å². The Balaban J connectivity index is 1.35. The molecular weight excluding hydrogens is 482 g/mol. The lowest BCUT2D eigenvalue weighted by molar-refractivity contribution is -0.113. The van der Waals surface area contributed by atoms with Crippen molar-refractivity contribution in [3.8, 4) is 17.5 Å². The molecule has 0 saturated carbocycles. The van der Waals surface area contributed by atoms with E-state index >= 15 is 0 Å². The molecular formula is C30H23N3O3S. The first kappa shape index (κ1) is 24.2. The minimum atomic E-state index is -0.314. The van der Waals surface area contributed by atoms with Gasteiger partial charge in [-0.3, -0.25) is 9.59 Å². The Kier molecular flexibility index (Phi) is 6.67. The minimum Gasteiger partial charge on any atom is -0.489 e. The zero-order valence-corrected chi connectivity index (χ0v) is 21.2. The van der Waals surface area contributed by atoms with E-state index in [0.717, 1.165) is 40.0 Å². The average molecular weight is 506 g/mol. The molecule has 0 spiro atoms. The van der Waals surface area contributed by atoms with Crippen molar-refractivity contribution in [2.45, 2.75) is 20.5 Å². The molecule has 0 N–H and O–H groups in total. The number of carbonyl (C=O) groups excluding carboxylic acids is 2. The molecule has 0 bridgehead atoms. The SMILES string of the molecule is Cc1cc(/C=C2/SC(=O)N(c3ccccc3)C2=O)c(C)n1-c1ccc(OCc2ccccc2C#N)cc1. The normalized spacial score (nSPS) is 14.3. The standard InChI is InChI=1S/C30H23N3O3S/c1-20-16-24(17-28-29(34)33(30(35)37-28)25-10-4-3-5-11-25)21(2)32(20)26-12-14-27(15-13-26)36-19-23-9-7-6-8-22(23)18-31/h3-17H,19H2,1-2H3/b28-17+. The molecule has 6 nitrogen and oxygen atoms in total. The molecule has 2 heterocycles. The molecule has 1 fully saturated rings. The molecule has 1 aliphatic rings. The quantitative estimate of drug-likeness (QED) is 0.270. The Morgan fingerprint density at radius 3 is 2.35 bits per heavy atom. The van der Waals surface area contributed by atoms with E-state index < -0.39 is 0 Å². The highest BCUT2D eigenvalue weighted by Gasteiger charge is 2.36. The van der Waals surface area contributed by atoms with E-state index in [4.69, 9.17) is 4.74 Å². The second-order valence-electron chi connectivity index (χ2n) is 8.57. The highest BCUT2D eigenvalue weighted by molar-refractivity contribution is 8.19. The van der Waals surface area contributed by atoms with E-state index in [2.05, 4.69) is 10.6 Å². The Hall–Kier alpha value is -4.54. The van der Waals surface area contributed by atoms with Gasteiger partial charge in [0.2, 0.25) is 0 Å². The number of anilines is 1. The summed E-state index contributed by atoms with van der Waals surface area (Å²) in [7, 11) is 0. The molecule has 0 atom stereocenters.